The van der Waals surface area contributed by atoms with E-state index in [9.17, 15) is 22.0 Å². The Hall–Kier alpha value is -3.33. The van der Waals surface area contributed by atoms with Crippen molar-refractivity contribution in [1.82, 2.24) is 10.3 Å². The molecule has 0 unspecified atom stereocenters. The Morgan fingerprint density at radius 2 is 1.45 bits per heavy atom. The number of nitrogens with one attached hydrogen (secondary N) is 1. The van der Waals surface area contributed by atoms with Gasteiger partial charge < -0.3 is 5.32 Å². The molecule has 150 valence electrons. The standard InChI is InChI=1S/C20H17F2N3O3S/c21-16-1-5-18(6-2-16)25(29(27,28)19-7-3-17(22)4-8-19)14-20(26)24-13-15-9-11-23-12-10-15/h1-12H,13-14H2,(H,24,26). The minimum atomic E-state index is -4.19. The molecular weight excluding hydrogens is 400 g/mol. The molecule has 6 nitrogen and oxygen atoms in total. The summed E-state index contributed by atoms with van der Waals surface area (Å²) in [6, 6.07) is 12.4. The number of carbonyl (C=O) groups is 1. The lowest BCUT2D eigenvalue weighted by atomic mass is 10.2. The molecule has 0 saturated heterocycles. The van der Waals surface area contributed by atoms with E-state index in [0.29, 0.717) is 0 Å². The number of nitrogens with zero attached hydrogens (tertiary/aromatic N) is 2. The Balaban J connectivity index is 1.86. The molecule has 1 amide bonds. The Labute approximate surface area is 166 Å². The van der Waals surface area contributed by atoms with Gasteiger partial charge in [0, 0.05) is 18.9 Å². The van der Waals surface area contributed by atoms with Crippen LogP contribution in [0.15, 0.2) is 78.0 Å². The van der Waals surface area contributed by atoms with E-state index < -0.39 is 34.1 Å². The topological polar surface area (TPSA) is 79.4 Å². The first-order valence-corrected chi connectivity index (χ1v) is 10.00. The van der Waals surface area contributed by atoms with Crippen molar-refractivity contribution in [1.29, 1.82) is 0 Å². The molecule has 1 heterocycles. The normalized spacial score (nSPS) is 11.1. The van der Waals surface area contributed by atoms with Crippen LogP contribution in [0.25, 0.3) is 0 Å². The van der Waals surface area contributed by atoms with Crippen molar-refractivity contribution in [2.45, 2.75) is 11.4 Å². The Kier molecular flexibility index (Phi) is 6.18. The summed E-state index contributed by atoms with van der Waals surface area (Å²) in [6.07, 6.45) is 3.15. The molecule has 0 aliphatic heterocycles. The van der Waals surface area contributed by atoms with Gasteiger partial charge in [-0.15, -0.1) is 0 Å². The molecule has 0 aliphatic carbocycles. The number of rotatable bonds is 7. The van der Waals surface area contributed by atoms with Crippen molar-refractivity contribution in [3.63, 3.8) is 0 Å². The first-order chi connectivity index (χ1) is 13.9. The largest absolute Gasteiger partial charge is 0.350 e. The van der Waals surface area contributed by atoms with Gasteiger partial charge in [0.05, 0.1) is 10.6 Å². The molecule has 1 aromatic heterocycles. The van der Waals surface area contributed by atoms with Gasteiger partial charge in [-0.2, -0.15) is 0 Å². The van der Waals surface area contributed by atoms with Gasteiger partial charge >= 0.3 is 0 Å². The second kappa shape index (κ2) is 8.78. The third-order valence-electron chi connectivity index (χ3n) is 4.04. The first-order valence-electron chi connectivity index (χ1n) is 8.56. The molecule has 0 fully saturated rings. The lowest BCUT2D eigenvalue weighted by molar-refractivity contribution is -0.119. The monoisotopic (exact) mass is 417 g/mol. The van der Waals surface area contributed by atoms with E-state index >= 15 is 0 Å². The molecular formula is C20H17F2N3O3S. The smallest absolute Gasteiger partial charge is 0.264 e. The van der Waals surface area contributed by atoms with E-state index in [1.165, 1.54) is 12.1 Å². The lowest BCUT2D eigenvalue weighted by Crippen LogP contribution is -2.40. The minimum Gasteiger partial charge on any atom is -0.350 e. The predicted octanol–water partition coefficient (Wildman–Crippen LogP) is 2.87. The maximum absolute atomic E-state index is 13.3. The van der Waals surface area contributed by atoms with Gasteiger partial charge in [-0.25, -0.2) is 17.2 Å². The van der Waals surface area contributed by atoms with Crippen molar-refractivity contribution < 1.29 is 22.0 Å². The van der Waals surface area contributed by atoms with Crippen LogP contribution in [0, 0.1) is 11.6 Å². The van der Waals surface area contributed by atoms with Crippen LogP contribution in [-0.4, -0.2) is 25.9 Å². The van der Waals surface area contributed by atoms with Gasteiger partial charge in [0.15, 0.2) is 0 Å². The molecule has 3 aromatic rings. The predicted molar refractivity (Wildman–Crippen MR) is 103 cm³/mol. The Morgan fingerprint density at radius 1 is 0.897 bits per heavy atom. The number of amides is 1. The van der Waals surface area contributed by atoms with Gasteiger partial charge in [-0.05, 0) is 66.2 Å². The molecule has 1 N–H and O–H groups in total. The summed E-state index contributed by atoms with van der Waals surface area (Å²) in [7, 11) is -4.19. The highest BCUT2D eigenvalue weighted by Crippen LogP contribution is 2.24. The number of anilines is 1. The van der Waals surface area contributed by atoms with Crippen LogP contribution in [-0.2, 0) is 21.4 Å². The summed E-state index contributed by atoms with van der Waals surface area (Å²) in [5, 5.41) is 2.64. The number of hydrogen-bond donors (Lipinski definition) is 1. The second-order valence-corrected chi connectivity index (χ2v) is 7.94. The molecule has 9 heteroatoms. The Bertz CT molecular complexity index is 1070. The summed E-state index contributed by atoms with van der Waals surface area (Å²) in [6.45, 7) is -0.342. The second-order valence-electron chi connectivity index (χ2n) is 6.07. The highest BCUT2D eigenvalue weighted by molar-refractivity contribution is 7.92. The maximum Gasteiger partial charge on any atom is 0.264 e. The summed E-state index contributed by atoms with van der Waals surface area (Å²) in [5.74, 6) is -1.70. The van der Waals surface area contributed by atoms with Gasteiger partial charge in [0.25, 0.3) is 10.0 Å². The molecule has 2 aromatic carbocycles. The number of halogens is 2. The zero-order valence-corrected chi connectivity index (χ0v) is 15.9. The fraction of sp³-hybridized carbons (Fsp3) is 0.100. The zero-order valence-electron chi connectivity index (χ0n) is 15.1. The summed E-state index contributed by atoms with van der Waals surface area (Å²) in [4.78, 5) is 16.1. The van der Waals surface area contributed by atoms with Crippen LogP contribution >= 0.6 is 0 Å². The number of sulfonamides is 1. The zero-order chi connectivity index (χ0) is 20.9. The van der Waals surface area contributed by atoms with Crippen LogP contribution in [0.3, 0.4) is 0 Å². The van der Waals surface area contributed by atoms with Crippen molar-refractivity contribution in [2.75, 3.05) is 10.8 Å². The van der Waals surface area contributed by atoms with E-state index in [4.69, 9.17) is 0 Å². The van der Waals surface area contributed by atoms with Gasteiger partial charge in [0.2, 0.25) is 5.91 Å². The van der Waals surface area contributed by atoms with Crippen molar-refractivity contribution in [3.05, 3.63) is 90.3 Å². The minimum absolute atomic E-state index is 0.106. The van der Waals surface area contributed by atoms with Crippen molar-refractivity contribution in [3.8, 4) is 0 Å². The number of aromatic nitrogens is 1. The van der Waals surface area contributed by atoms with E-state index in [-0.39, 0.29) is 17.1 Å². The number of benzene rings is 2. The third kappa shape index (κ3) is 5.14. The van der Waals surface area contributed by atoms with Crippen molar-refractivity contribution >= 4 is 21.6 Å². The van der Waals surface area contributed by atoms with Crippen molar-refractivity contribution in [2.24, 2.45) is 0 Å². The number of hydrogen-bond acceptors (Lipinski definition) is 4. The quantitative estimate of drug-likeness (QED) is 0.641. The highest BCUT2D eigenvalue weighted by atomic mass is 32.2. The van der Waals surface area contributed by atoms with E-state index in [1.807, 2.05) is 0 Å². The fourth-order valence-corrected chi connectivity index (χ4v) is 3.96. The molecule has 0 spiro atoms. The molecule has 0 aliphatic rings. The van der Waals surface area contributed by atoms with Crippen LogP contribution < -0.4 is 9.62 Å². The number of carbonyl (C=O) groups excluding carboxylic acids is 1. The van der Waals surface area contributed by atoms with Crippen LogP contribution in [0.2, 0.25) is 0 Å². The lowest BCUT2D eigenvalue weighted by Gasteiger charge is -2.24. The van der Waals surface area contributed by atoms with Crippen LogP contribution in [0.5, 0.6) is 0 Å². The fourth-order valence-electron chi connectivity index (χ4n) is 2.54. The van der Waals surface area contributed by atoms with E-state index in [1.54, 1.807) is 24.5 Å². The van der Waals surface area contributed by atoms with Crippen LogP contribution in [0.4, 0.5) is 14.5 Å². The molecule has 0 saturated carbocycles. The van der Waals surface area contributed by atoms with Gasteiger partial charge in [-0.1, -0.05) is 0 Å². The highest BCUT2D eigenvalue weighted by Gasteiger charge is 2.27. The van der Waals surface area contributed by atoms with E-state index in [0.717, 1.165) is 46.3 Å². The maximum atomic E-state index is 13.3. The molecule has 29 heavy (non-hydrogen) atoms. The SMILES string of the molecule is O=C(CN(c1ccc(F)cc1)S(=O)(=O)c1ccc(F)cc1)NCc1ccncc1. The number of pyridine rings is 1. The molecule has 3 rings (SSSR count). The Morgan fingerprint density at radius 3 is 2.03 bits per heavy atom. The average Bonchev–Trinajstić information content (AvgIpc) is 2.72. The molecule has 0 radical (unpaired) electrons. The third-order valence-corrected chi connectivity index (χ3v) is 5.83. The molecule has 0 atom stereocenters. The van der Waals surface area contributed by atoms with Crippen LogP contribution in [0.1, 0.15) is 5.56 Å². The molecule has 0 bridgehead atoms. The van der Waals surface area contributed by atoms with E-state index in [2.05, 4.69) is 10.3 Å². The summed E-state index contributed by atoms with van der Waals surface area (Å²) >= 11 is 0. The average molecular weight is 417 g/mol. The first kappa shape index (κ1) is 20.4. The summed E-state index contributed by atoms with van der Waals surface area (Å²) in [5.41, 5.74) is 0.901. The van der Waals surface area contributed by atoms with Gasteiger partial charge in [0.1, 0.15) is 18.2 Å². The summed E-state index contributed by atoms with van der Waals surface area (Å²) < 4.78 is 53.5. The van der Waals surface area contributed by atoms with Gasteiger partial charge in [-0.3, -0.25) is 14.1 Å².